The number of fused-ring (bicyclic) bond motifs is 1. The van der Waals surface area contributed by atoms with Gasteiger partial charge in [0.25, 0.3) is 0 Å². The number of ether oxygens (including phenoxy) is 1. The van der Waals surface area contributed by atoms with Gasteiger partial charge in [0.1, 0.15) is 0 Å². The number of hydrogen-bond acceptors (Lipinski definition) is 3. The molecule has 1 aromatic heterocycles. The average Bonchev–Trinajstić information content (AvgIpc) is 2.34. The van der Waals surface area contributed by atoms with Gasteiger partial charge in [0, 0.05) is 11.5 Å². The molecule has 0 fully saturated rings. The number of carbonyl (C=O) groups excluding carboxylic acids is 1. The number of aromatic nitrogens is 1. The van der Waals surface area contributed by atoms with Crippen molar-refractivity contribution in [2.75, 3.05) is 7.11 Å². The Morgan fingerprint density at radius 3 is 2.78 bits per heavy atom. The van der Waals surface area contributed by atoms with Crippen LogP contribution < -0.4 is 5.56 Å². The normalized spacial score (nSPS) is 10.6. The molecule has 2 aromatic rings. The van der Waals surface area contributed by atoms with Crippen molar-refractivity contribution in [3.63, 3.8) is 0 Å². The zero-order chi connectivity index (χ0) is 13.3. The summed E-state index contributed by atoms with van der Waals surface area (Å²) in [6.07, 6.45) is -0.179. The zero-order valence-electron chi connectivity index (χ0n) is 9.42. The molecule has 0 saturated heterocycles. The van der Waals surface area contributed by atoms with Crippen molar-refractivity contribution in [2.45, 2.75) is 6.42 Å². The van der Waals surface area contributed by atoms with E-state index >= 15 is 0 Å². The molecular weight excluding hydrogens is 244 g/mol. The summed E-state index contributed by atoms with van der Waals surface area (Å²) in [4.78, 5) is 24.7. The topological polar surface area (TPSA) is 59.2 Å². The number of H-pyrrole nitrogens is 1. The highest BCUT2D eigenvalue weighted by molar-refractivity contribution is 5.86. The Balaban J connectivity index is 2.70. The molecule has 0 amide bonds. The molecule has 0 saturated carbocycles. The minimum absolute atomic E-state index is 0.179. The van der Waals surface area contributed by atoms with E-state index in [0.717, 1.165) is 12.1 Å². The second-order valence-electron chi connectivity index (χ2n) is 3.70. The maximum absolute atomic E-state index is 13.5. The predicted octanol–water partition coefficient (Wildman–Crippen LogP) is 1.52. The smallest absolute Gasteiger partial charge is 0.310 e. The Kier molecular flexibility index (Phi) is 3.10. The van der Waals surface area contributed by atoms with Crippen molar-refractivity contribution < 1.29 is 18.3 Å². The van der Waals surface area contributed by atoms with Crippen molar-refractivity contribution in [3.05, 3.63) is 45.8 Å². The molecule has 1 N–H and O–H groups in total. The number of carbonyl (C=O) groups is 1. The van der Waals surface area contributed by atoms with Crippen LogP contribution in [0.5, 0.6) is 0 Å². The molecular formula is C12H9F2NO3. The van der Waals surface area contributed by atoms with Gasteiger partial charge in [-0.25, -0.2) is 8.78 Å². The first-order valence-corrected chi connectivity index (χ1v) is 5.09. The Morgan fingerprint density at radius 2 is 2.11 bits per heavy atom. The SMILES string of the molecule is COC(=O)Cc1cc(=O)[nH]c2c(F)c(F)ccc12. The fourth-order valence-electron chi connectivity index (χ4n) is 1.71. The summed E-state index contributed by atoms with van der Waals surface area (Å²) in [6.45, 7) is 0. The summed E-state index contributed by atoms with van der Waals surface area (Å²) in [5, 5.41) is 0.277. The summed E-state index contributed by atoms with van der Waals surface area (Å²) >= 11 is 0. The van der Waals surface area contributed by atoms with Crippen LogP contribution in [0.3, 0.4) is 0 Å². The third-order valence-electron chi connectivity index (χ3n) is 2.56. The van der Waals surface area contributed by atoms with Crippen LogP contribution in [-0.4, -0.2) is 18.1 Å². The molecule has 1 aromatic carbocycles. The predicted molar refractivity (Wildman–Crippen MR) is 60.2 cm³/mol. The van der Waals surface area contributed by atoms with Gasteiger partial charge in [-0.05, 0) is 17.7 Å². The summed E-state index contributed by atoms with van der Waals surface area (Å²) in [5.41, 5.74) is -0.563. The maximum atomic E-state index is 13.5. The van der Waals surface area contributed by atoms with Crippen LogP contribution >= 0.6 is 0 Å². The fraction of sp³-hybridized carbons (Fsp3) is 0.167. The third kappa shape index (κ3) is 2.09. The molecule has 18 heavy (non-hydrogen) atoms. The maximum Gasteiger partial charge on any atom is 0.310 e. The second-order valence-corrected chi connectivity index (χ2v) is 3.70. The summed E-state index contributed by atoms with van der Waals surface area (Å²) in [7, 11) is 1.21. The van der Waals surface area contributed by atoms with Gasteiger partial charge in [-0.15, -0.1) is 0 Å². The van der Waals surface area contributed by atoms with Crippen molar-refractivity contribution >= 4 is 16.9 Å². The summed E-state index contributed by atoms with van der Waals surface area (Å²) in [5.74, 6) is -2.77. The van der Waals surface area contributed by atoms with Gasteiger partial charge in [-0.3, -0.25) is 9.59 Å². The molecule has 1 heterocycles. The van der Waals surface area contributed by atoms with Gasteiger partial charge < -0.3 is 9.72 Å². The monoisotopic (exact) mass is 253 g/mol. The fourth-order valence-corrected chi connectivity index (χ4v) is 1.71. The van der Waals surface area contributed by atoms with Crippen molar-refractivity contribution in [1.82, 2.24) is 4.98 Å². The lowest BCUT2D eigenvalue weighted by Gasteiger charge is -2.06. The molecule has 0 aliphatic rings. The number of halogens is 2. The van der Waals surface area contributed by atoms with Gasteiger partial charge in [0.05, 0.1) is 19.0 Å². The quantitative estimate of drug-likeness (QED) is 0.825. The Hall–Kier alpha value is -2.24. The molecule has 4 nitrogen and oxygen atoms in total. The Morgan fingerprint density at radius 1 is 1.39 bits per heavy atom. The minimum atomic E-state index is -1.14. The lowest BCUT2D eigenvalue weighted by molar-refractivity contribution is -0.139. The van der Waals surface area contributed by atoms with Crippen LogP contribution in [0.2, 0.25) is 0 Å². The van der Waals surface area contributed by atoms with E-state index in [-0.39, 0.29) is 17.3 Å². The largest absolute Gasteiger partial charge is 0.469 e. The van der Waals surface area contributed by atoms with Crippen LogP contribution in [0.25, 0.3) is 10.9 Å². The number of nitrogens with one attached hydrogen (secondary N) is 1. The number of esters is 1. The van der Waals surface area contributed by atoms with E-state index in [1.54, 1.807) is 0 Å². The highest BCUT2D eigenvalue weighted by atomic mass is 19.2. The number of hydrogen-bond donors (Lipinski definition) is 1. The van der Waals surface area contributed by atoms with E-state index in [1.807, 2.05) is 0 Å². The first-order valence-electron chi connectivity index (χ1n) is 5.09. The summed E-state index contributed by atoms with van der Waals surface area (Å²) in [6, 6.07) is 3.41. The third-order valence-corrected chi connectivity index (χ3v) is 2.56. The van der Waals surface area contributed by atoms with E-state index < -0.39 is 23.2 Å². The van der Waals surface area contributed by atoms with Gasteiger partial charge >= 0.3 is 5.97 Å². The number of pyridine rings is 1. The zero-order valence-corrected chi connectivity index (χ0v) is 9.42. The van der Waals surface area contributed by atoms with Gasteiger partial charge in [0.15, 0.2) is 11.6 Å². The van der Waals surface area contributed by atoms with Crippen LogP contribution in [0.1, 0.15) is 5.56 Å². The molecule has 94 valence electrons. The van der Waals surface area contributed by atoms with Gasteiger partial charge in [-0.1, -0.05) is 0 Å². The first-order chi connectivity index (χ1) is 8.52. The number of benzene rings is 1. The number of methoxy groups -OCH3 is 1. The van der Waals surface area contributed by atoms with Gasteiger partial charge in [-0.2, -0.15) is 0 Å². The molecule has 0 atom stereocenters. The lowest BCUT2D eigenvalue weighted by Crippen LogP contribution is -2.12. The van der Waals surface area contributed by atoms with E-state index in [1.165, 1.54) is 13.2 Å². The van der Waals surface area contributed by atoms with Crippen LogP contribution in [0.4, 0.5) is 8.78 Å². The second kappa shape index (κ2) is 4.56. The highest BCUT2D eigenvalue weighted by Gasteiger charge is 2.13. The molecule has 0 bridgehead atoms. The van der Waals surface area contributed by atoms with Gasteiger partial charge in [0.2, 0.25) is 5.56 Å². The Labute approximate surface area is 100 Å². The Bertz CT molecular complexity index is 679. The average molecular weight is 253 g/mol. The number of rotatable bonds is 2. The highest BCUT2D eigenvalue weighted by Crippen LogP contribution is 2.20. The molecule has 6 heteroatoms. The molecule has 0 radical (unpaired) electrons. The van der Waals surface area contributed by atoms with Crippen LogP contribution in [0.15, 0.2) is 23.0 Å². The summed E-state index contributed by atoms with van der Waals surface area (Å²) < 4.78 is 31.0. The lowest BCUT2D eigenvalue weighted by atomic mass is 10.1. The van der Waals surface area contributed by atoms with Crippen LogP contribution in [-0.2, 0) is 16.0 Å². The molecule has 0 aliphatic carbocycles. The molecule has 0 aliphatic heterocycles. The van der Waals surface area contributed by atoms with E-state index in [4.69, 9.17) is 0 Å². The van der Waals surface area contributed by atoms with Crippen molar-refractivity contribution in [1.29, 1.82) is 0 Å². The number of aromatic amines is 1. The molecule has 2 rings (SSSR count). The van der Waals surface area contributed by atoms with E-state index in [9.17, 15) is 18.4 Å². The first kappa shape index (κ1) is 12.2. The van der Waals surface area contributed by atoms with Crippen molar-refractivity contribution in [2.24, 2.45) is 0 Å². The minimum Gasteiger partial charge on any atom is -0.469 e. The van der Waals surface area contributed by atoms with E-state index in [2.05, 4.69) is 9.72 Å². The van der Waals surface area contributed by atoms with Crippen LogP contribution in [0, 0.1) is 11.6 Å². The van der Waals surface area contributed by atoms with Crippen molar-refractivity contribution in [3.8, 4) is 0 Å². The van der Waals surface area contributed by atoms with E-state index in [0.29, 0.717) is 5.56 Å². The standard InChI is InChI=1S/C12H9F2NO3/c1-18-10(17)5-6-4-9(16)15-12-7(6)2-3-8(13)11(12)14/h2-4H,5H2,1H3,(H,15,16). The molecule has 0 unspecified atom stereocenters. The molecule has 0 spiro atoms.